The Morgan fingerprint density at radius 2 is 1.94 bits per heavy atom. The van der Waals surface area contributed by atoms with Gasteiger partial charge in [-0.25, -0.2) is 4.79 Å². The van der Waals surface area contributed by atoms with Crippen LogP contribution in [-0.2, 0) is 9.53 Å². The molecular weight excluding hydrogens is 226 g/mol. The predicted octanol–water partition coefficient (Wildman–Crippen LogP) is 2.70. The summed E-state index contributed by atoms with van der Waals surface area (Å²) in [5, 5.41) is 2.24. The van der Waals surface area contributed by atoms with Crippen LogP contribution in [-0.4, -0.2) is 12.6 Å². The van der Waals surface area contributed by atoms with Crippen molar-refractivity contribution in [2.75, 3.05) is 6.61 Å². The van der Waals surface area contributed by atoms with Gasteiger partial charge in [0.2, 0.25) is 0 Å². The first-order chi connectivity index (χ1) is 8.70. The zero-order valence-electron chi connectivity index (χ0n) is 10.2. The summed E-state index contributed by atoms with van der Waals surface area (Å²) in [5.41, 5.74) is 7.11. The number of benzene rings is 2. The monoisotopic (exact) mass is 241 g/mol. The van der Waals surface area contributed by atoms with Gasteiger partial charge >= 0.3 is 5.97 Å². The molecule has 0 aliphatic heterocycles. The Hall–Kier alpha value is -2.29. The lowest BCUT2D eigenvalue weighted by molar-refractivity contribution is -0.137. The average Bonchev–Trinajstić information content (AvgIpc) is 2.38. The van der Waals surface area contributed by atoms with Crippen LogP contribution in [0.2, 0.25) is 0 Å². The molecule has 2 N–H and O–H groups in total. The number of hydrogen-bond acceptors (Lipinski definition) is 3. The zero-order chi connectivity index (χ0) is 13.0. The van der Waals surface area contributed by atoms with E-state index in [0.29, 0.717) is 12.3 Å². The molecule has 0 radical (unpaired) electrons. The molecule has 0 aliphatic rings. The third-order valence-corrected chi connectivity index (χ3v) is 2.64. The van der Waals surface area contributed by atoms with Gasteiger partial charge < -0.3 is 10.5 Å². The highest BCUT2D eigenvalue weighted by Crippen LogP contribution is 2.18. The van der Waals surface area contributed by atoms with Gasteiger partial charge in [0.1, 0.15) is 0 Å². The number of esters is 1. The maximum Gasteiger partial charge on any atom is 0.332 e. The summed E-state index contributed by atoms with van der Waals surface area (Å²) in [6.07, 6.45) is 1.31. The highest BCUT2D eigenvalue weighted by Gasteiger charge is 2.02. The number of fused-ring (bicyclic) bond motifs is 1. The molecule has 0 aliphatic carbocycles. The van der Waals surface area contributed by atoms with Gasteiger partial charge in [0.15, 0.2) is 0 Å². The molecule has 92 valence electrons. The standard InChI is InChI=1S/C15H15NO2/c1-2-18-15(17)10-14(16)13-8-7-11-5-3-4-6-12(11)9-13/h3-10H,2,16H2,1H3. The summed E-state index contributed by atoms with van der Waals surface area (Å²) in [4.78, 5) is 11.3. The molecule has 0 amide bonds. The van der Waals surface area contributed by atoms with Gasteiger partial charge in [0, 0.05) is 11.8 Å². The summed E-state index contributed by atoms with van der Waals surface area (Å²) in [7, 11) is 0. The number of ether oxygens (including phenoxy) is 1. The van der Waals surface area contributed by atoms with E-state index in [-0.39, 0.29) is 0 Å². The van der Waals surface area contributed by atoms with E-state index in [0.717, 1.165) is 16.3 Å². The minimum atomic E-state index is -0.414. The van der Waals surface area contributed by atoms with Crippen molar-refractivity contribution in [1.82, 2.24) is 0 Å². The minimum absolute atomic E-state index is 0.348. The topological polar surface area (TPSA) is 52.3 Å². The smallest absolute Gasteiger partial charge is 0.332 e. The van der Waals surface area contributed by atoms with E-state index in [1.165, 1.54) is 6.08 Å². The lowest BCUT2D eigenvalue weighted by Crippen LogP contribution is -2.05. The Morgan fingerprint density at radius 3 is 2.67 bits per heavy atom. The van der Waals surface area contributed by atoms with Gasteiger partial charge in [-0.3, -0.25) is 0 Å². The Bertz CT molecular complexity index is 602. The van der Waals surface area contributed by atoms with E-state index in [1.807, 2.05) is 42.5 Å². The normalized spacial score (nSPS) is 11.5. The van der Waals surface area contributed by atoms with Gasteiger partial charge in [-0.2, -0.15) is 0 Å². The van der Waals surface area contributed by atoms with Crippen molar-refractivity contribution in [2.24, 2.45) is 5.73 Å². The molecule has 0 saturated heterocycles. The van der Waals surface area contributed by atoms with Crippen molar-refractivity contribution in [3.63, 3.8) is 0 Å². The van der Waals surface area contributed by atoms with Crippen LogP contribution < -0.4 is 5.73 Å². The lowest BCUT2D eigenvalue weighted by Gasteiger charge is -2.04. The molecule has 18 heavy (non-hydrogen) atoms. The SMILES string of the molecule is CCOC(=O)C=C(N)c1ccc2ccccc2c1. The number of carbonyl (C=O) groups is 1. The maximum absolute atomic E-state index is 11.3. The maximum atomic E-state index is 11.3. The zero-order valence-corrected chi connectivity index (χ0v) is 10.2. The molecule has 2 aromatic rings. The van der Waals surface area contributed by atoms with Gasteiger partial charge in [0.05, 0.1) is 6.61 Å². The van der Waals surface area contributed by atoms with Crippen molar-refractivity contribution in [3.05, 3.63) is 54.1 Å². The Balaban J connectivity index is 2.33. The van der Waals surface area contributed by atoms with Crippen LogP contribution in [0.4, 0.5) is 0 Å². The van der Waals surface area contributed by atoms with Gasteiger partial charge in [-0.15, -0.1) is 0 Å². The third kappa shape index (κ3) is 2.69. The summed E-state index contributed by atoms with van der Waals surface area (Å²) in [6.45, 7) is 2.11. The minimum Gasteiger partial charge on any atom is -0.463 e. The molecule has 0 atom stereocenters. The molecule has 0 unspecified atom stereocenters. The van der Waals surface area contributed by atoms with E-state index in [1.54, 1.807) is 6.92 Å². The first kappa shape index (κ1) is 12.2. The van der Waals surface area contributed by atoms with E-state index < -0.39 is 5.97 Å². The van der Waals surface area contributed by atoms with E-state index in [9.17, 15) is 4.79 Å². The molecule has 0 heterocycles. The Morgan fingerprint density at radius 1 is 1.22 bits per heavy atom. The molecule has 0 spiro atoms. The van der Waals surface area contributed by atoms with Gasteiger partial charge in [-0.05, 0) is 29.3 Å². The fraction of sp³-hybridized carbons (Fsp3) is 0.133. The molecule has 0 fully saturated rings. The molecule has 3 nitrogen and oxygen atoms in total. The number of rotatable bonds is 3. The van der Waals surface area contributed by atoms with Crippen LogP contribution in [0.15, 0.2) is 48.5 Å². The molecule has 0 saturated carbocycles. The third-order valence-electron chi connectivity index (χ3n) is 2.64. The Kier molecular flexibility index (Phi) is 3.63. The van der Waals surface area contributed by atoms with Crippen molar-refractivity contribution < 1.29 is 9.53 Å². The predicted molar refractivity (Wildman–Crippen MR) is 72.7 cm³/mol. The summed E-state index contributed by atoms with van der Waals surface area (Å²) >= 11 is 0. The summed E-state index contributed by atoms with van der Waals surface area (Å²) < 4.78 is 4.83. The van der Waals surface area contributed by atoms with Gasteiger partial charge in [-0.1, -0.05) is 36.4 Å². The van der Waals surface area contributed by atoms with Crippen LogP contribution >= 0.6 is 0 Å². The van der Waals surface area contributed by atoms with E-state index in [4.69, 9.17) is 10.5 Å². The highest BCUT2D eigenvalue weighted by atomic mass is 16.5. The summed E-state index contributed by atoms with van der Waals surface area (Å²) in [6, 6.07) is 13.8. The van der Waals surface area contributed by atoms with Crippen molar-refractivity contribution in [2.45, 2.75) is 6.92 Å². The second-order valence-corrected chi connectivity index (χ2v) is 3.91. The fourth-order valence-corrected chi connectivity index (χ4v) is 1.76. The van der Waals surface area contributed by atoms with Crippen molar-refractivity contribution in [3.8, 4) is 0 Å². The van der Waals surface area contributed by atoms with Crippen LogP contribution in [0.5, 0.6) is 0 Å². The van der Waals surface area contributed by atoms with E-state index in [2.05, 4.69) is 0 Å². The molecule has 0 aromatic heterocycles. The van der Waals surface area contributed by atoms with Crippen LogP contribution in [0, 0.1) is 0 Å². The number of hydrogen-bond donors (Lipinski definition) is 1. The lowest BCUT2D eigenvalue weighted by atomic mass is 10.1. The first-order valence-corrected chi connectivity index (χ1v) is 5.84. The first-order valence-electron chi connectivity index (χ1n) is 5.84. The van der Waals surface area contributed by atoms with Gasteiger partial charge in [0.25, 0.3) is 0 Å². The second kappa shape index (κ2) is 5.36. The van der Waals surface area contributed by atoms with Crippen LogP contribution in [0.1, 0.15) is 12.5 Å². The molecule has 0 bridgehead atoms. The number of carbonyl (C=O) groups excluding carboxylic acids is 1. The molecule has 3 heteroatoms. The quantitative estimate of drug-likeness (QED) is 0.664. The van der Waals surface area contributed by atoms with Crippen LogP contribution in [0.25, 0.3) is 16.5 Å². The van der Waals surface area contributed by atoms with Crippen molar-refractivity contribution >= 4 is 22.4 Å². The molecular formula is C15H15NO2. The van der Waals surface area contributed by atoms with Crippen molar-refractivity contribution in [1.29, 1.82) is 0 Å². The highest BCUT2D eigenvalue weighted by molar-refractivity contribution is 5.92. The number of nitrogens with two attached hydrogens (primary N) is 1. The summed E-state index contributed by atoms with van der Waals surface area (Å²) in [5.74, 6) is -0.414. The average molecular weight is 241 g/mol. The fourth-order valence-electron chi connectivity index (χ4n) is 1.76. The second-order valence-electron chi connectivity index (χ2n) is 3.91. The van der Waals surface area contributed by atoms with Crippen LogP contribution in [0.3, 0.4) is 0 Å². The molecule has 2 rings (SSSR count). The molecule has 2 aromatic carbocycles. The largest absolute Gasteiger partial charge is 0.463 e. The van der Waals surface area contributed by atoms with E-state index >= 15 is 0 Å². The Labute approximate surface area is 106 Å².